The van der Waals surface area contributed by atoms with Gasteiger partial charge in [0.15, 0.2) is 0 Å². The molecule has 2 aliphatic rings. The van der Waals surface area contributed by atoms with Crippen molar-refractivity contribution in [2.24, 2.45) is 17.3 Å². The minimum Gasteiger partial charge on any atom is -0.316 e. The molecular formula is C16H25NS. The van der Waals surface area contributed by atoms with Crippen LogP contribution >= 0.6 is 11.3 Å². The second-order valence-electron chi connectivity index (χ2n) is 6.38. The Hall–Kier alpha value is -0.340. The maximum absolute atomic E-state index is 3.72. The van der Waals surface area contributed by atoms with E-state index in [1.807, 2.05) is 11.3 Å². The third-order valence-electron chi connectivity index (χ3n) is 5.11. The van der Waals surface area contributed by atoms with Crippen molar-refractivity contribution in [3.63, 3.8) is 0 Å². The van der Waals surface area contributed by atoms with Crippen molar-refractivity contribution in [1.82, 2.24) is 5.32 Å². The Labute approximate surface area is 115 Å². The summed E-state index contributed by atoms with van der Waals surface area (Å²) in [4.78, 5) is 1.60. The summed E-state index contributed by atoms with van der Waals surface area (Å²) in [6.07, 6.45) is 8.56. The molecule has 1 heterocycles. The highest BCUT2D eigenvalue weighted by Crippen LogP contribution is 2.57. The summed E-state index contributed by atoms with van der Waals surface area (Å²) < 4.78 is 0. The van der Waals surface area contributed by atoms with E-state index in [1.165, 1.54) is 51.6 Å². The number of hydrogen-bond donors (Lipinski definition) is 1. The molecular weight excluding hydrogens is 238 g/mol. The lowest BCUT2D eigenvalue weighted by Gasteiger charge is -2.38. The molecule has 2 heteroatoms. The first-order chi connectivity index (χ1) is 8.82. The first-order valence-electron chi connectivity index (χ1n) is 7.55. The van der Waals surface area contributed by atoms with Gasteiger partial charge in [0.2, 0.25) is 0 Å². The van der Waals surface area contributed by atoms with E-state index in [2.05, 4.69) is 29.8 Å². The molecule has 0 radical (unpaired) electrons. The van der Waals surface area contributed by atoms with Crippen LogP contribution in [0.5, 0.6) is 0 Å². The average molecular weight is 263 g/mol. The first-order valence-corrected chi connectivity index (χ1v) is 8.43. The highest BCUT2D eigenvalue weighted by molar-refractivity contribution is 7.09. The fourth-order valence-electron chi connectivity index (χ4n) is 4.33. The van der Waals surface area contributed by atoms with Crippen LogP contribution in [0, 0.1) is 17.3 Å². The molecule has 18 heavy (non-hydrogen) atoms. The molecule has 3 rings (SSSR count). The van der Waals surface area contributed by atoms with E-state index in [9.17, 15) is 0 Å². The lowest BCUT2D eigenvalue weighted by Crippen LogP contribution is -2.40. The van der Waals surface area contributed by atoms with Gasteiger partial charge in [-0.15, -0.1) is 11.3 Å². The summed E-state index contributed by atoms with van der Waals surface area (Å²) >= 11 is 1.95. The standard InChI is InChI=1S/C16H25NS/c1-2-7-17-12-16(11-15-4-3-8-18-15)10-13-5-6-14(16)9-13/h3-4,8,13-14,17H,2,5-7,9-12H2,1H3. The monoisotopic (exact) mass is 263 g/mol. The molecule has 0 aliphatic heterocycles. The number of fused-ring (bicyclic) bond motifs is 2. The van der Waals surface area contributed by atoms with Gasteiger partial charge in [0.25, 0.3) is 0 Å². The van der Waals surface area contributed by atoms with E-state index in [-0.39, 0.29) is 0 Å². The molecule has 2 saturated carbocycles. The van der Waals surface area contributed by atoms with Gasteiger partial charge in [-0.25, -0.2) is 0 Å². The Morgan fingerprint density at radius 2 is 2.39 bits per heavy atom. The molecule has 1 N–H and O–H groups in total. The van der Waals surface area contributed by atoms with E-state index in [0.717, 1.165) is 11.8 Å². The van der Waals surface area contributed by atoms with Crippen molar-refractivity contribution < 1.29 is 0 Å². The van der Waals surface area contributed by atoms with Gasteiger partial charge in [0.05, 0.1) is 0 Å². The predicted octanol–water partition coefficient (Wildman–Crippen LogP) is 4.10. The number of rotatable bonds is 6. The van der Waals surface area contributed by atoms with E-state index in [4.69, 9.17) is 0 Å². The zero-order chi connectivity index (χ0) is 12.4. The van der Waals surface area contributed by atoms with Crippen LogP contribution in [0.1, 0.15) is 43.9 Å². The van der Waals surface area contributed by atoms with E-state index in [1.54, 1.807) is 4.88 Å². The zero-order valence-corrected chi connectivity index (χ0v) is 12.3. The van der Waals surface area contributed by atoms with Crippen LogP contribution in [0.3, 0.4) is 0 Å². The SMILES string of the molecule is CCCNCC1(Cc2cccs2)CC2CCC1C2. The highest BCUT2D eigenvalue weighted by Gasteiger charge is 2.50. The van der Waals surface area contributed by atoms with Crippen LogP contribution < -0.4 is 5.32 Å². The van der Waals surface area contributed by atoms with E-state index < -0.39 is 0 Å². The molecule has 1 aromatic rings. The molecule has 0 amide bonds. The van der Waals surface area contributed by atoms with Crippen LogP contribution in [0.4, 0.5) is 0 Å². The quantitative estimate of drug-likeness (QED) is 0.762. The topological polar surface area (TPSA) is 12.0 Å². The van der Waals surface area contributed by atoms with Crippen LogP contribution in [0.2, 0.25) is 0 Å². The Morgan fingerprint density at radius 1 is 1.44 bits per heavy atom. The molecule has 3 unspecified atom stereocenters. The second kappa shape index (κ2) is 5.34. The fourth-order valence-corrected chi connectivity index (χ4v) is 5.19. The van der Waals surface area contributed by atoms with Crippen LogP contribution in [-0.4, -0.2) is 13.1 Å². The van der Waals surface area contributed by atoms with E-state index in [0.29, 0.717) is 5.41 Å². The minimum atomic E-state index is 0.586. The van der Waals surface area contributed by atoms with Gasteiger partial charge in [-0.2, -0.15) is 0 Å². The van der Waals surface area contributed by atoms with Crippen molar-refractivity contribution in [2.45, 2.75) is 45.4 Å². The normalized spacial score (nSPS) is 34.3. The second-order valence-corrected chi connectivity index (χ2v) is 7.41. The number of hydrogen-bond acceptors (Lipinski definition) is 2. The van der Waals surface area contributed by atoms with Gasteiger partial charge in [-0.1, -0.05) is 19.4 Å². The first kappa shape index (κ1) is 12.7. The van der Waals surface area contributed by atoms with Gasteiger partial charge >= 0.3 is 0 Å². The summed E-state index contributed by atoms with van der Waals surface area (Å²) in [6.45, 7) is 4.70. The summed E-state index contributed by atoms with van der Waals surface area (Å²) in [7, 11) is 0. The molecule has 2 aliphatic carbocycles. The number of nitrogens with one attached hydrogen (secondary N) is 1. The van der Waals surface area contributed by atoms with Gasteiger partial charge in [0.1, 0.15) is 0 Å². The molecule has 0 aromatic carbocycles. The highest BCUT2D eigenvalue weighted by atomic mass is 32.1. The maximum Gasteiger partial charge on any atom is 0.00513 e. The molecule has 1 nitrogen and oxygen atoms in total. The third-order valence-corrected chi connectivity index (χ3v) is 5.99. The van der Waals surface area contributed by atoms with Gasteiger partial charge in [-0.05, 0) is 67.3 Å². The summed E-state index contributed by atoms with van der Waals surface area (Å²) in [5.41, 5.74) is 0.586. The molecule has 100 valence electrons. The van der Waals surface area contributed by atoms with Crippen LogP contribution in [-0.2, 0) is 6.42 Å². The lowest BCUT2D eigenvalue weighted by molar-refractivity contribution is 0.158. The molecule has 3 atom stereocenters. The summed E-state index contributed by atoms with van der Waals surface area (Å²) in [6, 6.07) is 4.54. The van der Waals surface area contributed by atoms with Crippen molar-refractivity contribution in [3.8, 4) is 0 Å². The fraction of sp³-hybridized carbons (Fsp3) is 0.750. The van der Waals surface area contributed by atoms with E-state index >= 15 is 0 Å². The van der Waals surface area contributed by atoms with Gasteiger partial charge in [-0.3, -0.25) is 0 Å². The molecule has 0 saturated heterocycles. The minimum absolute atomic E-state index is 0.586. The Morgan fingerprint density at radius 3 is 3.00 bits per heavy atom. The van der Waals surface area contributed by atoms with Crippen molar-refractivity contribution in [3.05, 3.63) is 22.4 Å². The largest absolute Gasteiger partial charge is 0.316 e. The van der Waals surface area contributed by atoms with Crippen molar-refractivity contribution >= 4 is 11.3 Å². The molecule has 0 spiro atoms. The van der Waals surface area contributed by atoms with Crippen molar-refractivity contribution in [1.29, 1.82) is 0 Å². The Bertz CT molecular complexity index is 372. The zero-order valence-electron chi connectivity index (χ0n) is 11.5. The third kappa shape index (κ3) is 2.37. The van der Waals surface area contributed by atoms with Crippen LogP contribution in [0.15, 0.2) is 17.5 Å². The summed E-state index contributed by atoms with van der Waals surface area (Å²) in [5, 5.41) is 5.95. The van der Waals surface area contributed by atoms with Crippen molar-refractivity contribution in [2.75, 3.05) is 13.1 Å². The smallest absolute Gasteiger partial charge is 0.00513 e. The predicted molar refractivity (Wildman–Crippen MR) is 79.1 cm³/mol. The Kier molecular flexibility index (Phi) is 3.76. The van der Waals surface area contributed by atoms with Gasteiger partial charge in [0, 0.05) is 11.4 Å². The summed E-state index contributed by atoms with van der Waals surface area (Å²) in [5.74, 6) is 2.03. The maximum atomic E-state index is 3.72. The number of thiophene rings is 1. The Balaban J connectivity index is 1.71. The molecule has 1 aromatic heterocycles. The van der Waals surface area contributed by atoms with Gasteiger partial charge < -0.3 is 5.32 Å². The molecule has 2 bridgehead atoms. The average Bonchev–Trinajstić information content (AvgIpc) is 3.06. The lowest BCUT2D eigenvalue weighted by atomic mass is 9.70. The molecule has 2 fully saturated rings. The van der Waals surface area contributed by atoms with Crippen LogP contribution in [0.25, 0.3) is 0 Å².